The molecule has 0 saturated heterocycles. The number of nitrogens with two attached hydrogens (primary N) is 1. The summed E-state index contributed by atoms with van der Waals surface area (Å²) in [6.07, 6.45) is 1.70. The largest absolute Gasteiger partial charge is 0.433 e. The molecule has 1 aliphatic carbocycles. The fourth-order valence-corrected chi connectivity index (χ4v) is 3.06. The summed E-state index contributed by atoms with van der Waals surface area (Å²) in [6.45, 7) is -2.98. The molecule has 1 fully saturated rings. The number of amides is 1. The van der Waals surface area contributed by atoms with E-state index >= 15 is 0 Å². The minimum absolute atomic E-state index is 0.0137. The van der Waals surface area contributed by atoms with Crippen LogP contribution in [0.4, 0.5) is 13.2 Å². The Morgan fingerprint density at radius 3 is 2.69 bits per heavy atom. The summed E-state index contributed by atoms with van der Waals surface area (Å²) in [6, 6.07) is 8.29. The average molecular weight is 361 g/mol. The molecule has 4 rings (SSSR count). The lowest BCUT2D eigenvalue weighted by Gasteiger charge is -2.08. The van der Waals surface area contributed by atoms with Gasteiger partial charge < -0.3 is 10.5 Å². The number of para-hydroxylation sites is 1. The molecule has 1 aromatic heterocycles. The van der Waals surface area contributed by atoms with Crippen LogP contribution in [-0.4, -0.2) is 22.3 Å². The van der Waals surface area contributed by atoms with Gasteiger partial charge in [0.25, 0.3) is 0 Å². The van der Waals surface area contributed by atoms with Gasteiger partial charge in [0, 0.05) is 16.5 Å². The van der Waals surface area contributed by atoms with E-state index in [0.717, 1.165) is 18.9 Å². The number of carbonyl (C=O) groups is 1. The Kier molecular flexibility index (Phi) is 3.82. The van der Waals surface area contributed by atoms with Crippen LogP contribution in [0.3, 0.4) is 0 Å². The van der Waals surface area contributed by atoms with Gasteiger partial charge in [0.2, 0.25) is 5.91 Å². The first-order valence-electron chi connectivity index (χ1n) is 8.01. The van der Waals surface area contributed by atoms with Crippen LogP contribution in [0.15, 0.2) is 36.4 Å². The zero-order valence-electron chi connectivity index (χ0n) is 13.5. The van der Waals surface area contributed by atoms with Crippen LogP contribution in [0.1, 0.15) is 29.2 Å². The smallest absolute Gasteiger partial charge is 0.387 e. The minimum atomic E-state index is -2.98. The molecule has 0 radical (unpaired) electrons. The highest BCUT2D eigenvalue weighted by molar-refractivity contribution is 6.05. The van der Waals surface area contributed by atoms with Crippen LogP contribution in [0, 0.1) is 5.82 Å². The fraction of sp³-hybridized carbons (Fsp3) is 0.222. The number of aromatic nitrogens is 2. The second-order valence-corrected chi connectivity index (χ2v) is 6.11. The second-order valence-electron chi connectivity index (χ2n) is 6.11. The standard InChI is InChI=1S/C18H14F3N3O2/c19-9-4-7-11(17(22)25)13(8-9)15-12-2-1-3-14(26-18(20)21)16(12)24(23-15)10-5-6-10/h1-4,7-8,10,18H,5-6H2,(H2,22,25). The molecule has 134 valence electrons. The maximum atomic E-state index is 13.8. The molecular formula is C18H14F3N3O2. The maximum Gasteiger partial charge on any atom is 0.387 e. The lowest BCUT2D eigenvalue weighted by atomic mass is 10.0. The van der Waals surface area contributed by atoms with Crippen molar-refractivity contribution in [3.05, 3.63) is 47.8 Å². The topological polar surface area (TPSA) is 70.1 Å². The summed E-state index contributed by atoms with van der Waals surface area (Å²) in [4.78, 5) is 11.7. The van der Waals surface area contributed by atoms with Gasteiger partial charge in [-0.15, -0.1) is 0 Å². The fourth-order valence-electron chi connectivity index (χ4n) is 3.06. The summed E-state index contributed by atoms with van der Waals surface area (Å²) >= 11 is 0. The molecule has 5 nitrogen and oxygen atoms in total. The number of benzene rings is 2. The van der Waals surface area contributed by atoms with E-state index in [1.54, 1.807) is 16.8 Å². The van der Waals surface area contributed by atoms with Crippen molar-refractivity contribution in [2.45, 2.75) is 25.5 Å². The first-order valence-corrected chi connectivity index (χ1v) is 8.01. The quantitative estimate of drug-likeness (QED) is 0.750. The molecule has 0 unspecified atom stereocenters. The summed E-state index contributed by atoms with van der Waals surface area (Å²) in [7, 11) is 0. The van der Waals surface area contributed by atoms with Crippen LogP contribution in [0.2, 0.25) is 0 Å². The Morgan fingerprint density at radius 2 is 2.04 bits per heavy atom. The van der Waals surface area contributed by atoms with Crippen molar-refractivity contribution in [1.29, 1.82) is 0 Å². The summed E-state index contributed by atoms with van der Waals surface area (Å²) in [5, 5.41) is 4.98. The van der Waals surface area contributed by atoms with Gasteiger partial charge in [-0.05, 0) is 37.1 Å². The number of alkyl halides is 2. The predicted octanol–water partition coefficient (Wildman–Crippen LogP) is 3.88. The van der Waals surface area contributed by atoms with Crippen LogP contribution in [0.25, 0.3) is 22.2 Å². The van der Waals surface area contributed by atoms with Crippen molar-refractivity contribution in [2.24, 2.45) is 5.73 Å². The molecule has 0 atom stereocenters. The number of carbonyl (C=O) groups excluding carboxylic acids is 1. The molecule has 0 bridgehead atoms. The van der Waals surface area contributed by atoms with Gasteiger partial charge in [0.1, 0.15) is 17.0 Å². The molecule has 0 spiro atoms. The third-order valence-electron chi connectivity index (χ3n) is 4.30. The molecule has 3 aromatic rings. The molecule has 1 amide bonds. The maximum absolute atomic E-state index is 13.8. The van der Waals surface area contributed by atoms with Gasteiger partial charge in [0.05, 0.1) is 6.04 Å². The molecule has 2 aromatic carbocycles. The van der Waals surface area contributed by atoms with E-state index in [1.807, 2.05) is 0 Å². The van der Waals surface area contributed by atoms with Gasteiger partial charge in [0.15, 0.2) is 5.75 Å². The van der Waals surface area contributed by atoms with E-state index in [9.17, 15) is 18.0 Å². The van der Waals surface area contributed by atoms with Crippen molar-refractivity contribution in [1.82, 2.24) is 9.78 Å². The van der Waals surface area contributed by atoms with Crippen LogP contribution < -0.4 is 10.5 Å². The molecule has 8 heteroatoms. The van der Waals surface area contributed by atoms with E-state index in [2.05, 4.69) is 9.84 Å². The van der Waals surface area contributed by atoms with E-state index < -0.39 is 18.3 Å². The number of halogens is 3. The third-order valence-corrected chi connectivity index (χ3v) is 4.30. The van der Waals surface area contributed by atoms with Gasteiger partial charge in [-0.3, -0.25) is 9.48 Å². The SMILES string of the molecule is NC(=O)c1ccc(F)cc1-c1nn(C2CC2)c2c(OC(F)F)cccc12. The van der Waals surface area contributed by atoms with Gasteiger partial charge in [-0.1, -0.05) is 12.1 Å². The predicted molar refractivity (Wildman–Crippen MR) is 88.5 cm³/mol. The van der Waals surface area contributed by atoms with Gasteiger partial charge >= 0.3 is 6.61 Å². The van der Waals surface area contributed by atoms with Gasteiger partial charge in [-0.2, -0.15) is 13.9 Å². The molecule has 0 aliphatic heterocycles. The number of hydrogen-bond donors (Lipinski definition) is 1. The zero-order chi connectivity index (χ0) is 18.4. The number of nitrogens with zero attached hydrogens (tertiary/aromatic N) is 2. The second kappa shape index (κ2) is 6.05. The molecule has 26 heavy (non-hydrogen) atoms. The van der Waals surface area contributed by atoms with E-state index in [0.29, 0.717) is 16.6 Å². The Balaban J connectivity index is 2.01. The van der Waals surface area contributed by atoms with Gasteiger partial charge in [-0.25, -0.2) is 4.39 Å². The number of fused-ring (bicyclic) bond motifs is 1. The van der Waals surface area contributed by atoms with Crippen molar-refractivity contribution in [3.8, 4) is 17.0 Å². The average Bonchev–Trinajstić information content (AvgIpc) is 3.35. The lowest BCUT2D eigenvalue weighted by Crippen LogP contribution is -2.12. The Labute approximate surface area is 146 Å². The monoisotopic (exact) mass is 361 g/mol. The highest BCUT2D eigenvalue weighted by Crippen LogP contribution is 2.43. The molecule has 1 heterocycles. The number of rotatable bonds is 5. The number of primary amides is 1. The number of hydrogen-bond acceptors (Lipinski definition) is 3. The third kappa shape index (κ3) is 2.77. The van der Waals surface area contributed by atoms with Crippen molar-refractivity contribution < 1.29 is 22.7 Å². The highest BCUT2D eigenvalue weighted by atomic mass is 19.3. The molecule has 2 N–H and O–H groups in total. The van der Waals surface area contributed by atoms with E-state index in [-0.39, 0.29) is 22.9 Å². The number of ether oxygens (including phenoxy) is 1. The van der Waals surface area contributed by atoms with E-state index in [1.165, 1.54) is 18.2 Å². The van der Waals surface area contributed by atoms with Crippen molar-refractivity contribution in [3.63, 3.8) is 0 Å². The van der Waals surface area contributed by atoms with E-state index in [4.69, 9.17) is 5.73 Å². The van der Waals surface area contributed by atoms with Crippen molar-refractivity contribution in [2.75, 3.05) is 0 Å². The molecular weight excluding hydrogens is 347 g/mol. The van der Waals surface area contributed by atoms with Crippen molar-refractivity contribution >= 4 is 16.8 Å². The first-order chi connectivity index (χ1) is 12.5. The van der Waals surface area contributed by atoms with Crippen LogP contribution >= 0.6 is 0 Å². The Morgan fingerprint density at radius 1 is 1.27 bits per heavy atom. The normalized spacial score (nSPS) is 14.2. The Hall–Kier alpha value is -3.03. The Bertz CT molecular complexity index is 1010. The summed E-state index contributed by atoms with van der Waals surface area (Å²) in [5.74, 6) is -1.30. The highest BCUT2D eigenvalue weighted by Gasteiger charge is 2.30. The zero-order valence-corrected chi connectivity index (χ0v) is 13.5. The van der Waals surface area contributed by atoms with Crippen LogP contribution in [-0.2, 0) is 0 Å². The summed E-state index contributed by atoms with van der Waals surface area (Å²) in [5.41, 5.74) is 6.42. The molecule has 1 saturated carbocycles. The first kappa shape index (κ1) is 16.4. The summed E-state index contributed by atoms with van der Waals surface area (Å²) < 4.78 is 45.6. The minimum Gasteiger partial charge on any atom is -0.433 e. The van der Waals surface area contributed by atoms with Crippen LogP contribution in [0.5, 0.6) is 5.75 Å². The molecule has 1 aliphatic rings. The lowest BCUT2D eigenvalue weighted by molar-refractivity contribution is -0.0490.